The van der Waals surface area contributed by atoms with Crippen molar-refractivity contribution in [1.29, 1.82) is 0 Å². The minimum absolute atomic E-state index is 0.0214. The van der Waals surface area contributed by atoms with E-state index in [0.29, 0.717) is 26.2 Å². The summed E-state index contributed by atoms with van der Waals surface area (Å²) >= 11 is 0. The lowest BCUT2D eigenvalue weighted by Gasteiger charge is -2.37. The number of pyridine rings is 1. The molecule has 1 aromatic heterocycles. The Bertz CT molecular complexity index is 554. The zero-order valence-corrected chi connectivity index (χ0v) is 13.2. The van der Waals surface area contributed by atoms with Gasteiger partial charge in [-0.1, -0.05) is 13.8 Å². The molecule has 2 rings (SSSR count). The summed E-state index contributed by atoms with van der Waals surface area (Å²) in [6.45, 7) is 5.01. The third kappa shape index (κ3) is 3.93. The molecule has 0 aromatic carbocycles. The van der Waals surface area contributed by atoms with Crippen LogP contribution in [-0.2, 0) is 11.0 Å². The first kappa shape index (κ1) is 17.5. The van der Waals surface area contributed by atoms with Gasteiger partial charge in [0, 0.05) is 32.4 Å². The van der Waals surface area contributed by atoms with Crippen LogP contribution < -0.4 is 10.6 Å². The highest BCUT2D eigenvalue weighted by Crippen LogP contribution is 2.35. The van der Waals surface area contributed by atoms with Crippen molar-refractivity contribution in [2.75, 3.05) is 31.1 Å². The zero-order chi connectivity index (χ0) is 17.2. The minimum Gasteiger partial charge on any atom is -0.353 e. The van der Waals surface area contributed by atoms with E-state index in [0.717, 1.165) is 6.07 Å². The van der Waals surface area contributed by atoms with Gasteiger partial charge >= 0.3 is 6.18 Å². The number of rotatable bonds is 3. The van der Waals surface area contributed by atoms with Crippen molar-refractivity contribution in [2.24, 2.45) is 11.7 Å². The molecule has 128 valence electrons. The van der Waals surface area contributed by atoms with E-state index in [2.05, 4.69) is 4.98 Å². The third-order valence-electron chi connectivity index (χ3n) is 3.99. The molecule has 1 fully saturated rings. The van der Waals surface area contributed by atoms with Gasteiger partial charge in [0.15, 0.2) is 0 Å². The van der Waals surface area contributed by atoms with E-state index in [1.807, 2.05) is 13.8 Å². The number of alkyl halides is 3. The fraction of sp³-hybridized carbons (Fsp3) is 0.600. The van der Waals surface area contributed by atoms with Crippen LogP contribution in [0, 0.1) is 5.92 Å². The van der Waals surface area contributed by atoms with E-state index < -0.39 is 17.8 Å². The molecule has 0 saturated carbocycles. The summed E-state index contributed by atoms with van der Waals surface area (Å²) in [7, 11) is 0. The fourth-order valence-electron chi connectivity index (χ4n) is 2.50. The summed E-state index contributed by atoms with van der Waals surface area (Å²) in [4.78, 5) is 19.2. The second-order valence-corrected chi connectivity index (χ2v) is 5.95. The van der Waals surface area contributed by atoms with Crippen LogP contribution in [0.15, 0.2) is 18.3 Å². The Balaban J connectivity index is 2.07. The third-order valence-corrected chi connectivity index (χ3v) is 3.99. The van der Waals surface area contributed by atoms with Crippen LogP contribution in [0.2, 0.25) is 0 Å². The van der Waals surface area contributed by atoms with Gasteiger partial charge in [-0.15, -0.1) is 0 Å². The average Bonchev–Trinajstić information content (AvgIpc) is 2.52. The molecule has 5 nitrogen and oxygen atoms in total. The zero-order valence-electron chi connectivity index (χ0n) is 13.2. The first-order chi connectivity index (χ1) is 10.7. The molecule has 2 N–H and O–H groups in total. The number of hydrogen-bond donors (Lipinski definition) is 1. The first-order valence-corrected chi connectivity index (χ1v) is 7.53. The first-order valence-electron chi connectivity index (χ1n) is 7.53. The van der Waals surface area contributed by atoms with Crippen molar-refractivity contribution in [2.45, 2.75) is 26.1 Å². The van der Waals surface area contributed by atoms with Gasteiger partial charge in [-0.05, 0) is 18.1 Å². The highest BCUT2D eigenvalue weighted by atomic mass is 19.4. The summed E-state index contributed by atoms with van der Waals surface area (Å²) in [5, 5.41) is 0. The van der Waals surface area contributed by atoms with E-state index >= 15 is 0 Å². The lowest BCUT2D eigenvalue weighted by atomic mass is 10.0. The lowest BCUT2D eigenvalue weighted by molar-refractivity contribution is -0.138. The second kappa shape index (κ2) is 6.74. The van der Waals surface area contributed by atoms with Gasteiger partial charge in [0.05, 0.1) is 11.6 Å². The molecule has 1 atom stereocenters. The molecular formula is C15H21F3N4O. The largest absolute Gasteiger partial charge is 0.419 e. The van der Waals surface area contributed by atoms with Crippen LogP contribution in [0.5, 0.6) is 0 Å². The van der Waals surface area contributed by atoms with Crippen LogP contribution in [0.25, 0.3) is 0 Å². The normalized spacial score (nSPS) is 17.5. The molecule has 8 heteroatoms. The van der Waals surface area contributed by atoms with Gasteiger partial charge in [0.25, 0.3) is 0 Å². The average molecular weight is 330 g/mol. The number of amides is 1. The van der Waals surface area contributed by atoms with Crippen LogP contribution >= 0.6 is 0 Å². The molecule has 1 saturated heterocycles. The maximum atomic E-state index is 13.1. The van der Waals surface area contributed by atoms with E-state index in [-0.39, 0.29) is 17.6 Å². The number of nitrogens with zero attached hydrogens (tertiary/aromatic N) is 3. The number of carbonyl (C=O) groups excluding carboxylic acids is 1. The van der Waals surface area contributed by atoms with Crippen molar-refractivity contribution >= 4 is 11.7 Å². The Morgan fingerprint density at radius 1 is 1.26 bits per heavy atom. The molecular weight excluding hydrogens is 309 g/mol. The maximum absolute atomic E-state index is 13.1. The van der Waals surface area contributed by atoms with Crippen molar-refractivity contribution in [3.8, 4) is 0 Å². The molecule has 0 bridgehead atoms. The van der Waals surface area contributed by atoms with Crippen LogP contribution in [0.4, 0.5) is 19.0 Å². The monoisotopic (exact) mass is 330 g/mol. The fourth-order valence-corrected chi connectivity index (χ4v) is 2.50. The molecule has 0 unspecified atom stereocenters. The summed E-state index contributed by atoms with van der Waals surface area (Å²) in [6, 6.07) is 1.71. The van der Waals surface area contributed by atoms with Crippen molar-refractivity contribution in [3.05, 3.63) is 23.9 Å². The quantitative estimate of drug-likeness (QED) is 0.917. The molecule has 1 amide bonds. The number of halogens is 3. The van der Waals surface area contributed by atoms with E-state index in [1.54, 1.807) is 9.80 Å². The molecule has 0 spiro atoms. The van der Waals surface area contributed by atoms with Gasteiger partial charge in [0.2, 0.25) is 5.91 Å². The smallest absolute Gasteiger partial charge is 0.353 e. The molecule has 1 aliphatic heterocycles. The van der Waals surface area contributed by atoms with E-state index in [9.17, 15) is 18.0 Å². The van der Waals surface area contributed by atoms with Crippen molar-refractivity contribution in [3.63, 3.8) is 0 Å². The number of piperazine rings is 1. The molecule has 0 aliphatic carbocycles. The molecule has 1 aliphatic rings. The van der Waals surface area contributed by atoms with Crippen LogP contribution in [-0.4, -0.2) is 48.0 Å². The predicted octanol–water partition coefficient (Wildman–Crippen LogP) is 1.73. The number of aromatic nitrogens is 1. The van der Waals surface area contributed by atoms with Crippen LogP contribution in [0.1, 0.15) is 19.4 Å². The van der Waals surface area contributed by atoms with Crippen LogP contribution in [0.3, 0.4) is 0 Å². The van der Waals surface area contributed by atoms with E-state index in [1.165, 1.54) is 12.3 Å². The summed E-state index contributed by atoms with van der Waals surface area (Å²) < 4.78 is 39.2. The number of anilines is 1. The minimum atomic E-state index is -4.45. The van der Waals surface area contributed by atoms with Gasteiger partial charge < -0.3 is 15.5 Å². The number of carbonyl (C=O) groups is 1. The summed E-state index contributed by atoms with van der Waals surface area (Å²) in [5.74, 6) is -0.217. The number of nitrogens with two attached hydrogens (primary N) is 1. The highest BCUT2D eigenvalue weighted by molar-refractivity contribution is 5.82. The van der Waals surface area contributed by atoms with Gasteiger partial charge in [-0.2, -0.15) is 13.2 Å². The predicted molar refractivity (Wildman–Crippen MR) is 80.8 cm³/mol. The molecule has 1 aromatic rings. The van der Waals surface area contributed by atoms with Gasteiger partial charge in [0.1, 0.15) is 5.82 Å². The van der Waals surface area contributed by atoms with Gasteiger partial charge in [-0.25, -0.2) is 4.98 Å². The Morgan fingerprint density at radius 2 is 1.87 bits per heavy atom. The second-order valence-electron chi connectivity index (χ2n) is 5.95. The number of hydrogen-bond acceptors (Lipinski definition) is 4. The molecule has 0 radical (unpaired) electrons. The Labute approximate surface area is 133 Å². The summed E-state index contributed by atoms with van der Waals surface area (Å²) in [5.41, 5.74) is 5.10. The van der Waals surface area contributed by atoms with Gasteiger partial charge in [-0.3, -0.25) is 4.79 Å². The Kier molecular flexibility index (Phi) is 5.13. The van der Waals surface area contributed by atoms with Crippen molar-refractivity contribution < 1.29 is 18.0 Å². The molecule has 2 heterocycles. The van der Waals surface area contributed by atoms with Crippen molar-refractivity contribution in [1.82, 2.24) is 9.88 Å². The Morgan fingerprint density at radius 3 is 2.39 bits per heavy atom. The van der Waals surface area contributed by atoms with E-state index in [4.69, 9.17) is 5.73 Å². The lowest BCUT2D eigenvalue weighted by Crippen LogP contribution is -2.54. The SMILES string of the molecule is CC(C)[C@@H](N)C(=O)N1CCN(c2ncccc2C(F)(F)F)CC1. The topological polar surface area (TPSA) is 62.5 Å². The highest BCUT2D eigenvalue weighted by Gasteiger charge is 2.36. The molecule has 23 heavy (non-hydrogen) atoms. The summed E-state index contributed by atoms with van der Waals surface area (Å²) in [6.07, 6.45) is -3.10. The standard InChI is InChI=1S/C15H21F3N4O/c1-10(2)12(19)14(23)22-8-6-21(7-9-22)13-11(15(16,17)18)4-3-5-20-13/h3-5,10,12H,6-9,19H2,1-2H3/t12-/m1/s1. The maximum Gasteiger partial charge on any atom is 0.419 e. The Hall–Kier alpha value is -1.83.